The maximum absolute atomic E-state index is 12.9. The molecule has 2 bridgehead atoms. The van der Waals surface area contributed by atoms with Crippen LogP contribution < -0.4 is 5.32 Å². The van der Waals surface area contributed by atoms with E-state index >= 15 is 0 Å². The van der Waals surface area contributed by atoms with Crippen LogP contribution in [-0.2, 0) is 15.8 Å². The van der Waals surface area contributed by atoms with Crippen LogP contribution in [0.2, 0.25) is 5.02 Å². The fraction of sp³-hybridized carbons (Fsp3) is 0.529. The molecule has 24 heavy (non-hydrogen) atoms. The van der Waals surface area contributed by atoms with Gasteiger partial charge in [-0.25, -0.2) is 0 Å². The Balaban J connectivity index is 1.95. The van der Waals surface area contributed by atoms with Crippen molar-refractivity contribution in [2.45, 2.75) is 39.3 Å². The molecule has 0 unspecified atom stereocenters. The molecule has 2 fully saturated rings. The van der Waals surface area contributed by atoms with Gasteiger partial charge in [0.05, 0.1) is 16.3 Å². The summed E-state index contributed by atoms with van der Waals surface area (Å²) in [6.07, 6.45) is -3.01. The van der Waals surface area contributed by atoms with E-state index in [1.807, 2.05) is 13.8 Å². The van der Waals surface area contributed by atoms with Crippen LogP contribution in [0.15, 0.2) is 18.2 Å². The first-order valence-electron chi connectivity index (χ1n) is 7.71. The van der Waals surface area contributed by atoms with Crippen molar-refractivity contribution >= 4 is 29.0 Å². The summed E-state index contributed by atoms with van der Waals surface area (Å²) < 4.78 is 38.6. The highest BCUT2D eigenvalue weighted by Gasteiger charge is 2.68. The van der Waals surface area contributed by atoms with E-state index in [9.17, 15) is 22.8 Å². The molecule has 2 saturated carbocycles. The highest BCUT2D eigenvalue weighted by Crippen LogP contribution is 2.64. The molecule has 2 aliphatic carbocycles. The number of hydrogen-bond donors (Lipinski definition) is 1. The number of alkyl halides is 3. The van der Waals surface area contributed by atoms with E-state index < -0.39 is 28.5 Å². The number of carbonyl (C=O) groups is 2. The molecular formula is C17H17ClF3NO2. The molecule has 7 heteroatoms. The molecule has 1 amide bonds. The first kappa shape index (κ1) is 17.3. The number of fused-ring (bicyclic) bond motifs is 2. The molecule has 0 heterocycles. The zero-order valence-corrected chi connectivity index (χ0v) is 14.0. The van der Waals surface area contributed by atoms with Crippen LogP contribution in [0.4, 0.5) is 18.9 Å². The maximum atomic E-state index is 12.9. The standard InChI is InChI=1S/C17H17ClF3NO2/c1-15(2)9-5-6-16(15,13(23)8-9)14(24)22-12-7-10(17(19,20)21)3-4-11(12)18/h3-4,7,9H,5-6,8H2,1-2H3,(H,22,24)/t9-,16+/m1/s1. The highest BCUT2D eigenvalue weighted by atomic mass is 35.5. The number of amides is 1. The van der Waals surface area contributed by atoms with Crippen molar-refractivity contribution in [1.29, 1.82) is 0 Å². The van der Waals surface area contributed by atoms with Gasteiger partial charge >= 0.3 is 6.18 Å². The number of benzene rings is 1. The van der Waals surface area contributed by atoms with Gasteiger partial charge in [-0.3, -0.25) is 9.59 Å². The number of nitrogens with one attached hydrogen (secondary N) is 1. The van der Waals surface area contributed by atoms with E-state index in [0.29, 0.717) is 12.8 Å². The minimum Gasteiger partial charge on any atom is -0.324 e. The lowest BCUT2D eigenvalue weighted by Gasteiger charge is -2.35. The van der Waals surface area contributed by atoms with Gasteiger partial charge in [0.1, 0.15) is 11.2 Å². The second kappa shape index (κ2) is 5.22. The average molecular weight is 360 g/mol. The number of ketones is 1. The number of Topliss-reactive ketones (excluding diaryl/α,β-unsaturated/α-hetero) is 1. The van der Waals surface area contributed by atoms with Gasteiger partial charge in [0.2, 0.25) is 5.91 Å². The van der Waals surface area contributed by atoms with Gasteiger partial charge in [0.15, 0.2) is 0 Å². The lowest BCUT2D eigenvalue weighted by molar-refractivity contribution is -0.141. The molecule has 0 saturated heterocycles. The zero-order valence-electron chi connectivity index (χ0n) is 13.3. The smallest absolute Gasteiger partial charge is 0.324 e. The Morgan fingerprint density at radius 3 is 2.50 bits per heavy atom. The van der Waals surface area contributed by atoms with Crippen LogP contribution >= 0.6 is 11.6 Å². The number of carbonyl (C=O) groups excluding carboxylic acids is 2. The molecule has 2 atom stereocenters. The van der Waals surface area contributed by atoms with E-state index in [0.717, 1.165) is 24.6 Å². The first-order valence-corrected chi connectivity index (χ1v) is 8.09. The lowest BCUT2D eigenvalue weighted by atomic mass is 9.68. The summed E-state index contributed by atoms with van der Waals surface area (Å²) in [5.41, 5.74) is -2.72. The van der Waals surface area contributed by atoms with Gasteiger partial charge < -0.3 is 5.32 Å². The van der Waals surface area contributed by atoms with Crippen molar-refractivity contribution in [2.75, 3.05) is 5.32 Å². The van der Waals surface area contributed by atoms with Gasteiger partial charge in [0.25, 0.3) is 0 Å². The van der Waals surface area contributed by atoms with E-state index in [1.165, 1.54) is 0 Å². The predicted octanol–water partition coefficient (Wildman–Crippen LogP) is 4.69. The molecule has 0 spiro atoms. The molecule has 0 aromatic heterocycles. The van der Waals surface area contributed by atoms with Gasteiger partial charge in [-0.15, -0.1) is 0 Å². The fourth-order valence-corrected chi connectivity index (χ4v) is 4.40. The molecule has 1 aromatic carbocycles. The molecular weight excluding hydrogens is 343 g/mol. The van der Waals surface area contributed by atoms with Gasteiger partial charge in [-0.1, -0.05) is 25.4 Å². The topological polar surface area (TPSA) is 46.2 Å². The Hall–Kier alpha value is -1.56. The minimum atomic E-state index is -4.54. The summed E-state index contributed by atoms with van der Waals surface area (Å²) >= 11 is 5.94. The van der Waals surface area contributed by atoms with Crippen LogP contribution in [0.3, 0.4) is 0 Å². The quantitative estimate of drug-likeness (QED) is 0.778. The van der Waals surface area contributed by atoms with Gasteiger partial charge in [-0.2, -0.15) is 13.2 Å². The minimum absolute atomic E-state index is 0.00514. The van der Waals surface area contributed by atoms with Gasteiger partial charge in [0, 0.05) is 6.42 Å². The van der Waals surface area contributed by atoms with Crippen molar-refractivity contribution in [2.24, 2.45) is 16.7 Å². The second-order valence-corrected chi connectivity index (χ2v) is 7.54. The summed E-state index contributed by atoms with van der Waals surface area (Å²) in [6.45, 7) is 3.76. The number of halogens is 4. The Kier molecular flexibility index (Phi) is 3.75. The summed E-state index contributed by atoms with van der Waals surface area (Å²) in [4.78, 5) is 25.3. The molecule has 1 N–H and O–H groups in total. The monoisotopic (exact) mass is 359 g/mol. The first-order chi connectivity index (χ1) is 11.0. The molecule has 2 aliphatic rings. The Bertz CT molecular complexity index is 729. The SMILES string of the molecule is CC1(C)[C@@H]2CC[C@@]1(C(=O)Nc1cc(C(F)(F)F)ccc1Cl)C(=O)C2. The Morgan fingerprint density at radius 2 is 2.00 bits per heavy atom. The Morgan fingerprint density at radius 1 is 1.33 bits per heavy atom. The van der Waals surface area contributed by atoms with E-state index in [-0.39, 0.29) is 22.4 Å². The third-order valence-electron chi connectivity index (χ3n) is 5.83. The third kappa shape index (κ3) is 2.26. The third-order valence-corrected chi connectivity index (χ3v) is 6.16. The fourth-order valence-electron chi connectivity index (χ4n) is 4.24. The van der Waals surface area contributed by atoms with Crippen LogP contribution in [0.25, 0.3) is 0 Å². The Labute approximate surface area is 142 Å². The molecule has 1 aromatic rings. The summed E-state index contributed by atoms with van der Waals surface area (Å²) in [7, 11) is 0. The molecule has 3 nitrogen and oxygen atoms in total. The number of hydrogen-bond acceptors (Lipinski definition) is 2. The average Bonchev–Trinajstić information content (AvgIpc) is 2.83. The summed E-state index contributed by atoms with van der Waals surface area (Å²) in [6, 6.07) is 2.75. The summed E-state index contributed by atoms with van der Waals surface area (Å²) in [5.74, 6) is -0.559. The normalized spacial score (nSPS) is 28.2. The highest BCUT2D eigenvalue weighted by molar-refractivity contribution is 6.34. The van der Waals surface area contributed by atoms with Crippen molar-refractivity contribution in [3.8, 4) is 0 Å². The lowest BCUT2D eigenvalue weighted by Crippen LogP contribution is -2.46. The largest absolute Gasteiger partial charge is 0.416 e. The van der Waals surface area contributed by atoms with Crippen molar-refractivity contribution in [1.82, 2.24) is 0 Å². The van der Waals surface area contributed by atoms with Crippen LogP contribution in [-0.4, -0.2) is 11.7 Å². The zero-order chi connectivity index (χ0) is 17.9. The molecule has 0 aliphatic heterocycles. The van der Waals surface area contributed by atoms with Gasteiger partial charge in [-0.05, 0) is 42.4 Å². The number of anilines is 1. The maximum Gasteiger partial charge on any atom is 0.416 e. The summed E-state index contributed by atoms with van der Waals surface area (Å²) in [5, 5.41) is 2.48. The van der Waals surface area contributed by atoms with Crippen molar-refractivity contribution in [3.05, 3.63) is 28.8 Å². The molecule has 3 rings (SSSR count). The van der Waals surface area contributed by atoms with E-state index in [2.05, 4.69) is 5.32 Å². The van der Waals surface area contributed by atoms with Crippen LogP contribution in [0.1, 0.15) is 38.7 Å². The molecule has 0 radical (unpaired) electrons. The van der Waals surface area contributed by atoms with Crippen LogP contribution in [0, 0.1) is 16.7 Å². The second-order valence-electron chi connectivity index (χ2n) is 7.14. The van der Waals surface area contributed by atoms with Crippen LogP contribution in [0.5, 0.6) is 0 Å². The van der Waals surface area contributed by atoms with Crippen molar-refractivity contribution < 1.29 is 22.8 Å². The number of rotatable bonds is 2. The van der Waals surface area contributed by atoms with Crippen molar-refractivity contribution in [3.63, 3.8) is 0 Å². The van der Waals surface area contributed by atoms with E-state index in [1.54, 1.807) is 0 Å². The predicted molar refractivity (Wildman–Crippen MR) is 83.6 cm³/mol. The molecule has 130 valence electrons. The van der Waals surface area contributed by atoms with E-state index in [4.69, 9.17) is 11.6 Å².